The van der Waals surface area contributed by atoms with Gasteiger partial charge in [-0.2, -0.15) is 0 Å². The number of carbonyl (C=O) groups is 3. The highest BCUT2D eigenvalue weighted by molar-refractivity contribution is 7.13. The lowest BCUT2D eigenvalue weighted by Crippen LogP contribution is -2.48. The fourth-order valence-electron chi connectivity index (χ4n) is 4.54. The van der Waals surface area contributed by atoms with Gasteiger partial charge in [-0.1, -0.05) is 48.5 Å². The number of ether oxygens (including phenoxy) is 2. The summed E-state index contributed by atoms with van der Waals surface area (Å²) >= 11 is 0.990. The molecule has 10 heteroatoms. The Kier molecular flexibility index (Phi) is 6.47. The third kappa shape index (κ3) is 4.75. The van der Waals surface area contributed by atoms with Crippen molar-refractivity contribution in [2.45, 2.75) is 31.0 Å². The smallest absolute Gasteiger partial charge is 0.407 e. The Morgan fingerprint density at radius 2 is 1.77 bits per heavy atom. The van der Waals surface area contributed by atoms with Gasteiger partial charge in [0.2, 0.25) is 0 Å². The van der Waals surface area contributed by atoms with E-state index >= 15 is 0 Å². The molecule has 1 fully saturated rings. The van der Waals surface area contributed by atoms with Gasteiger partial charge in [-0.05, 0) is 28.7 Å². The van der Waals surface area contributed by atoms with Gasteiger partial charge in [-0.25, -0.2) is 14.6 Å². The maximum Gasteiger partial charge on any atom is 0.407 e. The molecule has 3 aromatic rings. The molecule has 180 valence electrons. The number of carboxylic acids is 1. The number of alkyl carbamates (subject to hydrolysis) is 1. The molecule has 0 spiro atoms. The molecule has 0 unspecified atom stereocenters. The Morgan fingerprint density at radius 1 is 1.09 bits per heavy atom. The Bertz CT molecular complexity index is 1230. The summed E-state index contributed by atoms with van der Waals surface area (Å²) in [5.74, 6) is -1.52. The van der Waals surface area contributed by atoms with Crippen LogP contribution in [0.1, 0.15) is 38.1 Å². The average molecular weight is 494 g/mol. The predicted octanol–water partition coefficient (Wildman–Crippen LogP) is 3.15. The van der Waals surface area contributed by atoms with Crippen molar-refractivity contribution in [3.63, 3.8) is 0 Å². The summed E-state index contributed by atoms with van der Waals surface area (Å²) in [4.78, 5) is 40.3. The monoisotopic (exact) mass is 493 g/mol. The molecule has 1 aromatic heterocycles. The summed E-state index contributed by atoms with van der Waals surface area (Å²) in [5, 5.41) is 14.9. The second kappa shape index (κ2) is 9.85. The maximum atomic E-state index is 12.6. The van der Waals surface area contributed by atoms with Gasteiger partial charge in [-0.15, -0.1) is 11.3 Å². The summed E-state index contributed by atoms with van der Waals surface area (Å²) in [5.41, 5.74) is 4.54. The Morgan fingerprint density at radius 3 is 2.43 bits per heavy atom. The fraction of sp³-hybridized carbons (Fsp3) is 0.280. The quantitative estimate of drug-likeness (QED) is 0.461. The standard InChI is InChI=1S/C25H23N3O6S/c29-23(27-12-21-26-11-20(35-21)24(30)31)22-19(9-10-33-22)28-25(32)34-13-18-16-7-3-1-5-14(16)15-6-2-4-8-17(15)18/h1-8,11,18-19,22H,9-10,12-13H2,(H,27,29)(H,28,32)(H,30,31)/t19-,22+/m0/s1. The Labute approximate surface area is 205 Å². The van der Waals surface area contributed by atoms with Gasteiger partial charge >= 0.3 is 12.1 Å². The topological polar surface area (TPSA) is 127 Å². The van der Waals surface area contributed by atoms with Crippen molar-refractivity contribution in [3.8, 4) is 11.1 Å². The van der Waals surface area contributed by atoms with E-state index in [1.807, 2.05) is 36.4 Å². The number of carbonyl (C=O) groups excluding carboxylic acids is 2. The number of aromatic nitrogens is 1. The zero-order valence-electron chi connectivity index (χ0n) is 18.6. The highest BCUT2D eigenvalue weighted by Crippen LogP contribution is 2.44. The van der Waals surface area contributed by atoms with Crippen molar-refractivity contribution in [2.24, 2.45) is 0 Å². The van der Waals surface area contributed by atoms with Gasteiger partial charge in [-0.3, -0.25) is 4.79 Å². The van der Waals surface area contributed by atoms with E-state index < -0.39 is 30.1 Å². The number of thiazole rings is 1. The molecule has 1 aliphatic heterocycles. The lowest BCUT2D eigenvalue weighted by molar-refractivity contribution is -0.130. The molecule has 9 nitrogen and oxygen atoms in total. The molecule has 2 aromatic carbocycles. The molecule has 35 heavy (non-hydrogen) atoms. The van der Waals surface area contributed by atoms with Crippen LogP contribution in [0.5, 0.6) is 0 Å². The van der Waals surface area contributed by atoms with Crippen LogP contribution in [0.4, 0.5) is 4.79 Å². The van der Waals surface area contributed by atoms with Gasteiger partial charge in [0.15, 0.2) is 6.10 Å². The lowest BCUT2D eigenvalue weighted by atomic mass is 9.98. The maximum absolute atomic E-state index is 12.6. The molecule has 2 heterocycles. The number of amides is 2. The molecular weight excluding hydrogens is 470 g/mol. The number of fused-ring (bicyclic) bond motifs is 3. The van der Waals surface area contributed by atoms with Crippen LogP contribution in [0.3, 0.4) is 0 Å². The molecule has 0 saturated carbocycles. The van der Waals surface area contributed by atoms with E-state index in [9.17, 15) is 14.4 Å². The zero-order valence-corrected chi connectivity index (χ0v) is 19.4. The third-order valence-electron chi connectivity index (χ3n) is 6.18. The van der Waals surface area contributed by atoms with Gasteiger partial charge in [0.1, 0.15) is 16.5 Å². The first-order valence-electron chi connectivity index (χ1n) is 11.2. The van der Waals surface area contributed by atoms with Crippen molar-refractivity contribution in [1.82, 2.24) is 15.6 Å². The molecule has 2 amide bonds. The average Bonchev–Trinajstić information content (AvgIpc) is 3.59. The third-order valence-corrected chi connectivity index (χ3v) is 7.16. The van der Waals surface area contributed by atoms with E-state index in [1.54, 1.807) is 0 Å². The minimum absolute atomic E-state index is 0.0546. The van der Waals surface area contributed by atoms with Crippen LogP contribution in [0, 0.1) is 0 Å². The molecule has 5 rings (SSSR count). The zero-order chi connectivity index (χ0) is 24.4. The number of carboxylic acid groups (broad SMARTS) is 1. The highest BCUT2D eigenvalue weighted by atomic mass is 32.1. The van der Waals surface area contributed by atoms with Gasteiger partial charge < -0.3 is 25.2 Å². The number of nitrogens with zero attached hydrogens (tertiary/aromatic N) is 1. The molecule has 1 saturated heterocycles. The van der Waals surface area contributed by atoms with E-state index in [0.717, 1.165) is 33.6 Å². The van der Waals surface area contributed by atoms with E-state index in [0.29, 0.717) is 18.0 Å². The molecule has 0 radical (unpaired) electrons. The van der Waals surface area contributed by atoms with E-state index in [2.05, 4.69) is 27.8 Å². The van der Waals surface area contributed by atoms with Gasteiger partial charge in [0, 0.05) is 12.5 Å². The number of hydrogen-bond acceptors (Lipinski definition) is 7. The summed E-state index contributed by atoms with van der Waals surface area (Å²) in [6, 6.07) is 15.7. The van der Waals surface area contributed by atoms with Crippen LogP contribution >= 0.6 is 11.3 Å². The number of benzene rings is 2. The van der Waals surface area contributed by atoms with Crippen molar-refractivity contribution >= 4 is 29.3 Å². The summed E-state index contributed by atoms with van der Waals surface area (Å²) in [7, 11) is 0. The summed E-state index contributed by atoms with van der Waals surface area (Å²) in [6.45, 7) is 0.585. The normalized spacial score (nSPS) is 18.5. The largest absolute Gasteiger partial charge is 0.477 e. The van der Waals surface area contributed by atoms with Gasteiger partial charge in [0.05, 0.1) is 18.8 Å². The van der Waals surface area contributed by atoms with E-state index in [-0.39, 0.29) is 23.9 Å². The molecule has 3 N–H and O–H groups in total. The van der Waals surface area contributed by atoms with Crippen LogP contribution in [0.25, 0.3) is 11.1 Å². The molecule has 2 aliphatic rings. The van der Waals surface area contributed by atoms with Crippen LogP contribution in [-0.2, 0) is 20.8 Å². The van der Waals surface area contributed by atoms with Gasteiger partial charge in [0.25, 0.3) is 5.91 Å². The van der Waals surface area contributed by atoms with Crippen molar-refractivity contribution in [1.29, 1.82) is 0 Å². The van der Waals surface area contributed by atoms with Crippen LogP contribution in [0.2, 0.25) is 0 Å². The second-order valence-corrected chi connectivity index (χ2v) is 9.41. The molecule has 2 atom stereocenters. The van der Waals surface area contributed by atoms with Crippen molar-refractivity contribution in [2.75, 3.05) is 13.2 Å². The highest BCUT2D eigenvalue weighted by Gasteiger charge is 2.36. The minimum Gasteiger partial charge on any atom is -0.477 e. The number of hydrogen-bond donors (Lipinski definition) is 3. The van der Waals surface area contributed by atoms with E-state index in [1.165, 1.54) is 6.20 Å². The number of aromatic carboxylic acids is 1. The van der Waals surface area contributed by atoms with E-state index in [4.69, 9.17) is 14.6 Å². The first-order chi connectivity index (χ1) is 17.0. The minimum atomic E-state index is -1.06. The molecular formula is C25H23N3O6S. The lowest BCUT2D eigenvalue weighted by Gasteiger charge is -2.20. The summed E-state index contributed by atoms with van der Waals surface area (Å²) < 4.78 is 11.1. The van der Waals surface area contributed by atoms with Crippen molar-refractivity contribution in [3.05, 3.63) is 75.7 Å². The van der Waals surface area contributed by atoms with Crippen LogP contribution < -0.4 is 10.6 Å². The first-order valence-corrected chi connectivity index (χ1v) is 12.0. The molecule has 0 bridgehead atoms. The Balaban J connectivity index is 1.16. The number of rotatable bonds is 7. The predicted molar refractivity (Wildman–Crippen MR) is 127 cm³/mol. The Hall–Kier alpha value is -3.76. The van der Waals surface area contributed by atoms with Crippen LogP contribution in [-0.4, -0.2) is 53.4 Å². The second-order valence-electron chi connectivity index (χ2n) is 8.30. The SMILES string of the molecule is O=C(N[C@H]1CCO[C@H]1C(=O)NCc1ncc(C(=O)O)s1)OCC1c2ccccc2-c2ccccc21. The fourth-order valence-corrected chi connectivity index (χ4v) is 5.24. The summed E-state index contributed by atoms with van der Waals surface area (Å²) in [6.07, 6.45) is 0.255. The first kappa shape index (κ1) is 23.0. The molecule has 1 aliphatic carbocycles. The van der Waals surface area contributed by atoms with Crippen molar-refractivity contribution < 1.29 is 29.0 Å². The van der Waals surface area contributed by atoms with Crippen LogP contribution in [0.15, 0.2) is 54.7 Å². The number of nitrogens with one attached hydrogen (secondary N) is 2.